The fourth-order valence-electron chi connectivity index (χ4n) is 0.464. The molecule has 1 aromatic heterocycles. The number of aromatic nitrogens is 2. The van der Waals surface area contributed by atoms with Crippen molar-refractivity contribution in [2.75, 3.05) is 5.73 Å². The number of nitriles is 1. The summed E-state index contributed by atoms with van der Waals surface area (Å²) in [5.74, 6) is 0.141. The summed E-state index contributed by atoms with van der Waals surface area (Å²) in [5.41, 5.74) is 5.55. The molecular weight excluding hydrogens is 171 g/mol. The quantitative estimate of drug-likeness (QED) is 0.255. The molecule has 1 rings (SSSR count). The second-order valence-corrected chi connectivity index (χ2v) is 1.93. The van der Waals surface area contributed by atoms with Crippen LogP contribution in [0, 0.1) is 11.3 Å². The zero-order valence-electron chi connectivity index (χ0n) is 5.90. The Morgan fingerprint density at radius 2 is 2.27 bits per heavy atom. The number of hydrogen-bond acceptors (Lipinski definition) is 5. The van der Waals surface area contributed by atoms with Gasteiger partial charge in [-0.2, -0.15) is 5.26 Å². The van der Waals surface area contributed by atoms with Crippen molar-refractivity contribution in [2.45, 2.75) is 5.16 Å². The fourth-order valence-corrected chi connectivity index (χ4v) is 0.615. The molecule has 0 saturated heterocycles. The van der Waals surface area contributed by atoms with Crippen LogP contribution in [0.4, 0.5) is 5.82 Å². The Morgan fingerprint density at radius 1 is 1.64 bits per heavy atom. The molecule has 0 aliphatic heterocycles. The van der Waals surface area contributed by atoms with Gasteiger partial charge in [-0.25, -0.2) is 4.98 Å². The zero-order valence-corrected chi connectivity index (χ0v) is 8.72. The largest absolute Gasteiger partial charge is 1.00 e. The van der Waals surface area contributed by atoms with Crippen LogP contribution in [0.3, 0.4) is 0 Å². The maximum Gasteiger partial charge on any atom is 1.00 e. The van der Waals surface area contributed by atoms with Crippen molar-refractivity contribution in [3.05, 3.63) is 11.8 Å². The van der Waals surface area contributed by atoms with E-state index in [-0.39, 0.29) is 46.1 Å². The molecule has 2 N–H and O–H groups in total. The van der Waals surface area contributed by atoms with E-state index >= 15 is 0 Å². The van der Waals surface area contributed by atoms with Crippen LogP contribution in [-0.2, 0) is 12.6 Å². The van der Waals surface area contributed by atoms with Gasteiger partial charge in [0.1, 0.15) is 17.5 Å². The van der Waals surface area contributed by atoms with E-state index in [1.54, 1.807) is 0 Å². The Bertz CT molecular complexity index is 295. The molecule has 0 unspecified atom stereocenters. The molecule has 1 aromatic rings. The third kappa shape index (κ3) is 2.60. The van der Waals surface area contributed by atoms with Crippen molar-refractivity contribution in [3.63, 3.8) is 0 Å². The van der Waals surface area contributed by atoms with E-state index in [9.17, 15) is 0 Å². The molecule has 0 atom stereocenters. The van der Waals surface area contributed by atoms with Crippen molar-refractivity contribution in [1.29, 1.82) is 5.26 Å². The normalized spacial score (nSPS) is 7.91. The maximum atomic E-state index is 8.37. The van der Waals surface area contributed by atoms with Gasteiger partial charge < -0.3 is 18.4 Å². The molecule has 4 nitrogen and oxygen atoms in total. The Balaban J connectivity index is 0.000001000. The van der Waals surface area contributed by atoms with Gasteiger partial charge in [-0.1, -0.05) is 0 Å². The standard InChI is InChI=1S/C5H4N4S.Na/c6-1-3-2-8-5(10)9-4(3)7;/h2H,(H3,7,8,9,10);/q;+1/p-1. The zero-order chi connectivity index (χ0) is 7.56. The molecule has 1 heterocycles. The third-order valence-corrected chi connectivity index (χ3v) is 1.11. The van der Waals surface area contributed by atoms with Gasteiger partial charge in [0.2, 0.25) is 0 Å². The van der Waals surface area contributed by atoms with Crippen LogP contribution < -0.4 is 35.3 Å². The number of nitrogens with two attached hydrogens (primary N) is 1. The molecule has 0 amide bonds. The molecule has 0 spiro atoms. The minimum Gasteiger partial charge on any atom is -0.740 e. The summed E-state index contributed by atoms with van der Waals surface area (Å²) in [7, 11) is 0. The first kappa shape index (κ1) is 10.6. The average Bonchev–Trinajstić information content (AvgIpc) is 1.88. The summed E-state index contributed by atoms with van der Waals surface area (Å²) < 4.78 is 0. The van der Waals surface area contributed by atoms with Crippen LogP contribution >= 0.6 is 0 Å². The van der Waals surface area contributed by atoms with E-state index in [4.69, 9.17) is 11.0 Å². The monoisotopic (exact) mass is 174 g/mol. The van der Waals surface area contributed by atoms with Crippen LogP contribution in [0.25, 0.3) is 0 Å². The van der Waals surface area contributed by atoms with Crippen molar-refractivity contribution in [3.8, 4) is 6.07 Å². The predicted octanol–water partition coefficient (Wildman–Crippen LogP) is -3.16. The molecule has 50 valence electrons. The van der Waals surface area contributed by atoms with Crippen molar-refractivity contribution < 1.29 is 29.6 Å². The number of nitrogens with zero attached hydrogens (tertiary/aromatic N) is 3. The number of anilines is 1. The number of rotatable bonds is 0. The van der Waals surface area contributed by atoms with Gasteiger partial charge in [0.25, 0.3) is 0 Å². The minimum atomic E-state index is 0. The van der Waals surface area contributed by atoms with Gasteiger partial charge in [0.05, 0.1) is 0 Å². The Labute approximate surface area is 91.5 Å². The van der Waals surface area contributed by atoms with Gasteiger partial charge in [0, 0.05) is 11.4 Å². The molecule has 0 bridgehead atoms. The molecule has 0 fully saturated rings. The predicted molar refractivity (Wildman–Crippen MR) is 36.8 cm³/mol. The van der Waals surface area contributed by atoms with Gasteiger partial charge in [-0.05, 0) is 0 Å². The summed E-state index contributed by atoms with van der Waals surface area (Å²) in [4.78, 5) is 7.22. The SMILES string of the molecule is N#Cc1cnc([S-])nc1N.[Na+]. The van der Waals surface area contributed by atoms with Crippen molar-refractivity contribution >= 4 is 18.4 Å². The molecular formula is C5H3N4NaS. The van der Waals surface area contributed by atoms with Gasteiger partial charge in [-0.3, -0.25) is 4.98 Å². The summed E-state index contributed by atoms with van der Waals surface area (Å²) >= 11 is 4.60. The van der Waals surface area contributed by atoms with E-state index < -0.39 is 0 Å². The summed E-state index contributed by atoms with van der Waals surface area (Å²) in [6, 6.07) is 1.83. The van der Waals surface area contributed by atoms with Crippen LogP contribution in [-0.4, -0.2) is 9.97 Å². The van der Waals surface area contributed by atoms with E-state index in [1.165, 1.54) is 6.20 Å². The van der Waals surface area contributed by atoms with E-state index in [0.717, 1.165) is 0 Å². The maximum absolute atomic E-state index is 8.37. The van der Waals surface area contributed by atoms with E-state index in [1.807, 2.05) is 6.07 Å². The first-order valence-electron chi connectivity index (χ1n) is 2.43. The Morgan fingerprint density at radius 3 is 2.73 bits per heavy atom. The fraction of sp³-hybridized carbons (Fsp3) is 0. The van der Waals surface area contributed by atoms with Crippen LogP contribution in [0.5, 0.6) is 0 Å². The molecule has 0 aliphatic carbocycles. The molecule has 0 aliphatic rings. The average molecular weight is 174 g/mol. The number of nitrogen functional groups attached to an aromatic ring is 1. The first-order valence-corrected chi connectivity index (χ1v) is 2.84. The second-order valence-electron chi connectivity index (χ2n) is 1.56. The van der Waals surface area contributed by atoms with E-state index in [2.05, 4.69) is 22.6 Å². The molecule has 11 heavy (non-hydrogen) atoms. The molecule has 0 aromatic carbocycles. The van der Waals surface area contributed by atoms with Gasteiger partial charge >= 0.3 is 29.6 Å². The Hall–Kier alpha value is -0.410. The van der Waals surface area contributed by atoms with Crippen molar-refractivity contribution in [2.24, 2.45) is 0 Å². The molecule has 0 radical (unpaired) electrons. The number of hydrogen-bond donors (Lipinski definition) is 1. The summed E-state index contributed by atoms with van der Waals surface area (Å²) in [6.07, 6.45) is 1.31. The smallest absolute Gasteiger partial charge is 0.740 e. The molecule has 6 heteroatoms. The first-order chi connectivity index (χ1) is 4.74. The summed E-state index contributed by atoms with van der Waals surface area (Å²) in [6.45, 7) is 0. The minimum absolute atomic E-state index is 0. The van der Waals surface area contributed by atoms with Crippen molar-refractivity contribution in [1.82, 2.24) is 9.97 Å². The van der Waals surface area contributed by atoms with E-state index in [0.29, 0.717) is 0 Å². The van der Waals surface area contributed by atoms with Crippen LogP contribution in [0.1, 0.15) is 5.56 Å². The second kappa shape index (κ2) is 4.46. The van der Waals surface area contributed by atoms with Crippen LogP contribution in [0.2, 0.25) is 0 Å². The topological polar surface area (TPSA) is 75.6 Å². The Kier molecular flexibility index (Phi) is 4.30. The van der Waals surface area contributed by atoms with Gasteiger partial charge in [0.15, 0.2) is 0 Å². The molecule has 0 saturated carbocycles. The van der Waals surface area contributed by atoms with Crippen LogP contribution in [0.15, 0.2) is 11.4 Å². The third-order valence-electron chi connectivity index (χ3n) is 0.917. The van der Waals surface area contributed by atoms with Gasteiger partial charge in [-0.15, -0.1) is 0 Å². The summed E-state index contributed by atoms with van der Waals surface area (Å²) in [5, 5.41) is 8.53.